The summed E-state index contributed by atoms with van der Waals surface area (Å²) in [6, 6.07) is 8.15. The number of nitrogens with one attached hydrogen (secondary N) is 1. The van der Waals surface area contributed by atoms with Gasteiger partial charge in [0, 0.05) is 31.1 Å². The number of nitrogens with zero attached hydrogens (tertiary/aromatic N) is 2. The average Bonchev–Trinajstić information content (AvgIpc) is 3.30. The van der Waals surface area contributed by atoms with Gasteiger partial charge in [-0.3, -0.25) is 34.7 Å². The molecule has 4 atom stereocenters. The molecule has 2 aliphatic heterocycles. The van der Waals surface area contributed by atoms with Crippen molar-refractivity contribution in [3.63, 3.8) is 0 Å². The van der Waals surface area contributed by atoms with Crippen LogP contribution < -0.4 is 5.32 Å². The number of rotatable bonds is 8. The van der Waals surface area contributed by atoms with Crippen LogP contribution in [-0.2, 0) is 20.8 Å². The van der Waals surface area contributed by atoms with Crippen LogP contribution in [0.3, 0.4) is 0 Å². The summed E-state index contributed by atoms with van der Waals surface area (Å²) in [5.41, 5.74) is 0.311. The Morgan fingerprint density at radius 3 is 2.28 bits per heavy atom. The fourth-order valence-electron chi connectivity index (χ4n) is 5.55. The largest absolute Gasteiger partial charge is 0.507 e. The molecule has 10 nitrogen and oxygen atoms in total. The van der Waals surface area contributed by atoms with Crippen molar-refractivity contribution in [2.45, 2.75) is 51.6 Å². The molecule has 2 aliphatic rings. The molecule has 2 amide bonds. The van der Waals surface area contributed by atoms with E-state index in [9.17, 15) is 34.7 Å². The Bertz CT molecular complexity index is 1220. The van der Waals surface area contributed by atoms with Crippen molar-refractivity contribution in [2.75, 3.05) is 6.54 Å². The molecule has 0 saturated carbocycles. The van der Waals surface area contributed by atoms with Crippen LogP contribution in [0.5, 0.6) is 5.75 Å². The number of carboxylic acids is 1. The third kappa shape index (κ3) is 4.01. The Kier molecular flexibility index (Phi) is 6.57. The number of hydrogen-bond acceptors (Lipinski definition) is 7. The summed E-state index contributed by atoms with van der Waals surface area (Å²) in [6.45, 7) is 5.59. The lowest BCUT2D eigenvalue weighted by Crippen LogP contribution is -2.57. The van der Waals surface area contributed by atoms with Gasteiger partial charge in [-0.1, -0.05) is 37.6 Å². The number of carbonyl (C=O) groups excluding carboxylic acids is 2. The molecule has 10 heteroatoms. The number of nitro benzene ring substituents is 1. The van der Waals surface area contributed by atoms with Gasteiger partial charge in [0.15, 0.2) is 0 Å². The lowest BCUT2D eigenvalue weighted by Gasteiger charge is -2.31. The van der Waals surface area contributed by atoms with Gasteiger partial charge in [0.1, 0.15) is 11.3 Å². The molecule has 4 unspecified atom stereocenters. The minimum atomic E-state index is -1.81. The van der Waals surface area contributed by atoms with E-state index in [-0.39, 0.29) is 24.4 Å². The minimum absolute atomic E-state index is 0.113. The number of aromatic hydroxyl groups is 1. The standard InChI is InChI=1S/C26H29N3O7/c1-4-5-10-28-23(31)19-20(24(28)32)26(25(33)34,13-16-6-8-18(9-7-16)29(35)36)27-21(19)17-11-14(2)22(30)15(3)12-17/h6-9,11-12,19-21,27,30H,4-5,10,13H2,1-3H3,(H,33,34). The fraction of sp³-hybridized carbons (Fsp3) is 0.423. The van der Waals surface area contributed by atoms with E-state index in [4.69, 9.17) is 0 Å². The number of carboxylic acid groups (broad SMARTS) is 1. The lowest BCUT2D eigenvalue weighted by atomic mass is 9.76. The Balaban J connectivity index is 1.83. The van der Waals surface area contributed by atoms with Gasteiger partial charge in [0.25, 0.3) is 5.69 Å². The Morgan fingerprint density at radius 1 is 1.14 bits per heavy atom. The summed E-state index contributed by atoms with van der Waals surface area (Å²) >= 11 is 0. The highest BCUT2D eigenvalue weighted by Gasteiger charge is 2.68. The van der Waals surface area contributed by atoms with Crippen molar-refractivity contribution in [1.82, 2.24) is 10.2 Å². The molecule has 2 aromatic carbocycles. The average molecular weight is 496 g/mol. The highest BCUT2D eigenvalue weighted by atomic mass is 16.6. The smallest absolute Gasteiger partial charge is 0.325 e. The molecule has 0 aliphatic carbocycles. The SMILES string of the molecule is CCCCN1C(=O)C2C(c3cc(C)c(O)c(C)c3)NC(Cc3ccc([N+](=O)[O-])cc3)(C(=O)O)C2C1=O. The predicted octanol–water partition coefficient (Wildman–Crippen LogP) is 3.03. The fourth-order valence-corrected chi connectivity index (χ4v) is 5.55. The topological polar surface area (TPSA) is 150 Å². The first-order valence-corrected chi connectivity index (χ1v) is 11.9. The van der Waals surface area contributed by atoms with Crippen molar-refractivity contribution in [1.29, 1.82) is 0 Å². The van der Waals surface area contributed by atoms with Crippen LogP contribution in [0.4, 0.5) is 5.69 Å². The van der Waals surface area contributed by atoms with Crippen LogP contribution >= 0.6 is 0 Å². The number of aryl methyl sites for hydroxylation is 2. The highest BCUT2D eigenvalue weighted by molar-refractivity contribution is 6.09. The molecule has 0 bridgehead atoms. The third-order valence-corrected chi connectivity index (χ3v) is 7.37. The van der Waals surface area contributed by atoms with Crippen molar-refractivity contribution in [3.8, 4) is 5.75 Å². The van der Waals surface area contributed by atoms with Crippen molar-refractivity contribution in [3.05, 3.63) is 68.8 Å². The number of imide groups is 1. The zero-order chi connectivity index (χ0) is 26.4. The number of likely N-dealkylation sites (tertiary alicyclic amines) is 1. The number of aliphatic carboxylic acids is 1. The number of nitro groups is 1. The molecule has 0 aromatic heterocycles. The van der Waals surface area contributed by atoms with Gasteiger partial charge in [-0.25, -0.2) is 0 Å². The lowest BCUT2D eigenvalue weighted by molar-refractivity contribution is -0.384. The summed E-state index contributed by atoms with van der Waals surface area (Å²) in [6.07, 6.45) is 1.22. The molecule has 2 heterocycles. The predicted molar refractivity (Wildman–Crippen MR) is 129 cm³/mol. The second kappa shape index (κ2) is 9.34. The van der Waals surface area contributed by atoms with Gasteiger partial charge >= 0.3 is 5.97 Å². The third-order valence-electron chi connectivity index (χ3n) is 7.37. The van der Waals surface area contributed by atoms with E-state index < -0.39 is 46.1 Å². The maximum Gasteiger partial charge on any atom is 0.325 e. The zero-order valence-corrected chi connectivity index (χ0v) is 20.4. The summed E-state index contributed by atoms with van der Waals surface area (Å²) in [7, 11) is 0. The van der Waals surface area contributed by atoms with Crippen LogP contribution in [0, 0.1) is 35.8 Å². The molecule has 2 saturated heterocycles. The van der Waals surface area contributed by atoms with E-state index >= 15 is 0 Å². The maximum absolute atomic E-state index is 13.6. The van der Waals surface area contributed by atoms with E-state index in [1.54, 1.807) is 26.0 Å². The normalized spacial score (nSPS) is 25.3. The quantitative estimate of drug-likeness (QED) is 0.287. The molecule has 2 fully saturated rings. The van der Waals surface area contributed by atoms with Gasteiger partial charge in [-0.05, 0) is 42.5 Å². The van der Waals surface area contributed by atoms with Crippen molar-refractivity contribution >= 4 is 23.5 Å². The molecule has 0 spiro atoms. The van der Waals surface area contributed by atoms with Crippen molar-refractivity contribution < 1.29 is 29.5 Å². The molecule has 36 heavy (non-hydrogen) atoms. The summed E-state index contributed by atoms with van der Waals surface area (Å²) in [4.78, 5) is 51.7. The van der Waals surface area contributed by atoms with Crippen LogP contribution in [0.25, 0.3) is 0 Å². The summed E-state index contributed by atoms with van der Waals surface area (Å²) in [5, 5.41) is 34.9. The first kappa shape index (κ1) is 25.3. The van der Waals surface area contributed by atoms with Crippen LogP contribution in [-0.4, -0.2) is 49.9 Å². The first-order chi connectivity index (χ1) is 17.0. The molecule has 3 N–H and O–H groups in total. The van der Waals surface area contributed by atoms with Gasteiger partial charge < -0.3 is 10.2 Å². The van der Waals surface area contributed by atoms with Gasteiger partial charge in [-0.15, -0.1) is 0 Å². The van der Waals surface area contributed by atoms with E-state index in [1.165, 1.54) is 29.2 Å². The number of phenolic OH excluding ortho intramolecular Hbond substituents is 1. The molecule has 0 radical (unpaired) electrons. The summed E-state index contributed by atoms with van der Waals surface area (Å²) < 4.78 is 0. The number of non-ortho nitro benzene ring substituents is 1. The number of hydrogen-bond donors (Lipinski definition) is 3. The number of carbonyl (C=O) groups is 3. The Morgan fingerprint density at radius 2 is 1.75 bits per heavy atom. The van der Waals surface area contributed by atoms with Crippen LogP contribution in [0.2, 0.25) is 0 Å². The van der Waals surface area contributed by atoms with E-state index in [2.05, 4.69) is 5.32 Å². The van der Waals surface area contributed by atoms with Gasteiger partial charge in [0.05, 0.1) is 16.8 Å². The van der Waals surface area contributed by atoms with Crippen LogP contribution in [0.1, 0.15) is 48.1 Å². The van der Waals surface area contributed by atoms with Gasteiger partial charge in [0.2, 0.25) is 11.8 Å². The number of phenols is 1. The number of amides is 2. The number of fused-ring (bicyclic) bond motifs is 1. The van der Waals surface area contributed by atoms with Crippen molar-refractivity contribution in [2.24, 2.45) is 11.8 Å². The molecular weight excluding hydrogens is 466 g/mol. The second-order valence-electron chi connectivity index (χ2n) is 9.69. The molecule has 4 rings (SSSR count). The van der Waals surface area contributed by atoms with Crippen LogP contribution in [0.15, 0.2) is 36.4 Å². The second-order valence-corrected chi connectivity index (χ2v) is 9.69. The monoisotopic (exact) mass is 495 g/mol. The number of benzene rings is 2. The number of unbranched alkanes of at least 4 members (excludes halogenated alkanes) is 1. The molecule has 190 valence electrons. The Labute approximate surface area is 208 Å². The Hall–Kier alpha value is -3.79. The minimum Gasteiger partial charge on any atom is -0.507 e. The zero-order valence-electron chi connectivity index (χ0n) is 20.4. The highest BCUT2D eigenvalue weighted by Crippen LogP contribution is 2.50. The van der Waals surface area contributed by atoms with E-state index in [0.717, 1.165) is 6.42 Å². The first-order valence-electron chi connectivity index (χ1n) is 11.9. The van der Waals surface area contributed by atoms with Gasteiger partial charge in [-0.2, -0.15) is 0 Å². The maximum atomic E-state index is 13.6. The molecule has 2 aromatic rings. The van der Waals surface area contributed by atoms with E-state index in [0.29, 0.717) is 28.7 Å². The summed E-state index contributed by atoms with van der Waals surface area (Å²) in [5.74, 6) is -4.19. The van der Waals surface area contributed by atoms with E-state index in [1.807, 2.05) is 6.92 Å². The molecular formula is C26H29N3O7.